The van der Waals surface area contributed by atoms with Crippen LogP contribution in [0.3, 0.4) is 0 Å². The molecule has 230 valence electrons. The molecule has 5 heteroatoms. The molecule has 9 rings (SSSR count). The van der Waals surface area contributed by atoms with Crippen LogP contribution in [0, 0.1) is 34.0 Å². The van der Waals surface area contributed by atoms with Crippen molar-refractivity contribution in [1.29, 1.82) is 15.8 Å². The summed E-state index contributed by atoms with van der Waals surface area (Å²) in [5.41, 5.74) is 11.8. The standard InChI is InChI=1S/C45H25N5/c46-26-29-16-22-43-40(23-29)39-12-6-9-34(28-48)45(39)49(43)35-19-17-31(18-20-35)32-7-5-8-33(25-32)36-21-15-30(27-47)24-44(36)50-41-13-3-1-10-37(41)38-11-2-4-14-42(38)50/h1-25H. The lowest BCUT2D eigenvalue weighted by Gasteiger charge is -2.15. The van der Waals surface area contributed by atoms with E-state index in [0.717, 1.165) is 66.5 Å². The molecular formula is C45H25N5. The third-order valence-electron chi connectivity index (χ3n) is 9.62. The Labute approximate surface area is 287 Å². The zero-order valence-corrected chi connectivity index (χ0v) is 26.7. The van der Waals surface area contributed by atoms with Gasteiger partial charge >= 0.3 is 0 Å². The number of hydrogen-bond donors (Lipinski definition) is 0. The summed E-state index contributed by atoms with van der Waals surface area (Å²) in [7, 11) is 0. The van der Waals surface area contributed by atoms with Crippen molar-refractivity contribution in [3.63, 3.8) is 0 Å². The summed E-state index contributed by atoms with van der Waals surface area (Å²) in [4.78, 5) is 0. The Morgan fingerprint density at radius 3 is 1.74 bits per heavy atom. The Morgan fingerprint density at radius 1 is 0.400 bits per heavy atom. The van der Waals surface area contributed by atoms with Gasteiger partial charge in [-0.3, -0.25) is 0 Å². The first-order chi connectivity index (χ1) is 24.7. The van der Waals surface area contributed by atoms with Gasteiger partial charge in [0.15, 0.2) is 0 Å². The number of nitriles is 3. The average Bonchev–Trinajstić information content (AvgIpc) is 3.70. The van der Waals surface area contributed by atoms with E-state index in [9.17, 15) is 15.8 Å². The van der Waals surface area contributed by atoms with Crippen molar-refractivity contribution in [3.8, 4) is 51.8 Å². The normalized spacial score (nSPS) is 11.1. The van der Waals surface area contributed by atoms with Gasteiger partial charge in [-0.15, -0.1) is 0 Å². The van der Waals surface area contributed by atoms with Crippen molar-refractivity contribution in [1.82, 2.24) is 9.13 Å². The van der Waals surface area contributed by atoms with Gasteiger partial charge in [0.2, 0.25) is 0 Å². The molecule has 9 aromatic rings. The molecule has 2 aromatic heterocycles. The first-order valence-corrected chi connectivity index (χ1v) is 16.3. The van der Waals surface area contributed by atoms with E-state index in [0.29, 0.717) is 16.7 Å². The van der Waals surface area contributed by atoms with E-state index in [-0.39, 0.29) is 0 Å². The topological polar surface area (TPSA) is 81.2 Å². The van der Waals surface area contributed by atoms with Gasteiger partial charge in [-0.05, 0) is 83.4 Å². The van der Waals surface area contributed by atoms with Crippen LogP contribution in [0.2, 0.25) is 0 Å². The molecule has 7 aromatic carbocycles. The van der Waals surface area contributed by atoms with Crippen LogP contribution in [0.15, 0.2) is 152 Å². The van der Waals surface area contributed by atoms with Crippen molar-refractivity contribution < 1.29 is 0 Å². The van der Waals surface area contributed by atoms with Crippen molar-refractivity contribution >= 4 is 43.6 Å². The molecule has 0 unspecified atom stereocenters. The Kier molecular flexibility index (Phi) is 6.56. The van der Waals surface area contributed by atoms with E-state index in [1.54, 1.807) is 0 Å². The van der Waals surface area contributed by atoms with Crippen LogP contribution >= 0.6 is 0 Å². The number of fused-ring (bicyclic) bond motifs is 6. The van der Waals surface area contributed by atoms with Gasteiger partial charge in [0.1, 0.15) is 6.07 Å². The summed E-state index contributed by atoms with van der Waals surface area (Å²) in [6, 6.07) is 58.0. The van der Waals surface area contributed by atoms with Crippen LogP contribution in [0.25, 0.3) is 77.2 Å². The molecule has 0 saturated heterocycles. The SMILES string of the molecule is N#Cc1ccc(-c2cccc(-c3ccc(-n4c5ccc(C#N)cc5c5cccc(C#N)c54)cc3)c2)c(-n2c3ccccc3c3ccccc32)c1. The summed E-state index contributed by atoms with van der Waals surface area (Å²) < 4.78 is 4.38. The van der Waals surface area contributed by atoms with Crippen molar-refractivity contribution in [2.75, 3.05) is 0 Å². The second-order valence-electron chi connectivity index (χ2n) is 12.3. The van der Waals surface area contributed by atoms with Crippen LogP contribution in [-0.4, -0.2) is 9.13 Å². The molecule has 0 bridgehead atoms. The Hall–Kier alpha value is -7.39. The maximum absolute atomic E-state index is 10.0. The van der Waals surface area contributed by atoms with Crippen LogP contribution in [0.5, 0.6) is 0 Å². The molecule has 0 amide bonds. The fraction of sp³-hybridized carbons (Fsp3) is 0. The highest BCUT2D eigenvalue weighted by molar-refractivity contribution is 6.12. The minimum Gasteiger partial charge on any atom is -0.309 e. The van der Waals surface area contributed by atoms with Gasteiger partial charge in [-0.25, -0.2) is 0 Å². The monoisotopic (exact) mass is 635 g/mol. The number of hydrogen-bond acceptors (Lipinski definition) is 3. The van der Waals surface area contributed by atoms with Crippen molar-refractivity contribution in [2.45, 2.75) is 0 Å². The molecule has 0 N–H and O–H groups in total. The Bertz CT molecular complexity index is 2900. The highest BCUT2D eigenvalue weighted by Crippen LogP contribution is 2.39. The minimum atomic E-state index is 0.579. The first-order valence-electron chi connectivity index (χ1n) is 16.3. The third-order valence-corrected chi connectivity index (χ3v) is 9.62. The largest absolute Gasteiger partial charge is 0.309 e. The van der Waals surface area contributed by atoms with E-state index in [1.807, 2.05) is 54.6 Å². The lowest BCUT2D eigenvalue weighted by molar-refractivity contribution is 1.17. The zero-order valence-electron chi connectivity index (χ0n) is 26.7. The quantitative estimate of drug-likeness (QED) is 0.193. The molecule has 0 saturated carbocycles. The molecule has 5 nitrogen and oxygen atoms in total. The van der Waals surface area contributed by atoms with Crippen LogP contribution in [0.4, 0.5) is 0 Å². The zero-order chi connectivity index (χ0) is 33.8. The van der Waals surface area contributed by atoms with Crippen molar-refractivity contribution in [3.05, 3.63) is 168 Å². The average molecular weight is 636 g/mol. The van der Waals surface area contributed by atoms with Crippen molar-refractivity contribution in [2.24, 2.45) is 0 Å². The predicted molar refractivity (Wildman–Crippen MR) is 200 cm³/mol. The molecule has 0 atom stereocenters. The van der Waals surface area contributed by atoms with E-state index in [4.69, 9.17) is 0 Å². The number of aromatic nitrogens is 2. The number of nitrogens with zero attached hydrogens (tertiary/aromatic N) is 5. The lowest BCUT2D eigenvalue weighted by atomic mass is 9.96. The third kappa shape index (κ3) is 4.38. The fourth-order valence-corrected chi connectivity index (χ4v) is 7.38. The highest BCUT2D eigenvalue weighted by atomic mass is 15.0. The van der Waals surface area contributed by atoms with E-state index in [1.165, 1.54) is 10.8 Å². The second kappa shape index (κ2) is 11.4. The van der Waals surface area contributed by atoms with Gasteiger partial charge < -0.3 is 9.13 Å². The number of rotatable bonds is 4. The summed E-state index contributed by atoms with van der Waals surface area (Å²) >= 11 is 0. The van der Waals surface area contributed by atoms with E-state index >= 15 is 0 Å². The summed E-state index contributed by atoms with van der Waals surface area (Å²) in [6.45, 7) is 0. The van der Waals surface area contributed by atoms with Gasteiger partial charge in [-0.1, -0.05) is 84.9 Å². The maximum Gasteiger partial charge on any atom is 0.101 e. The maximum atomic E-state index is 10.0. The molecule has 0 radical (unpaired) electrons. The van der Waals surface area contributed by atoms with E-state index in [2.05, 4.69) is 124 Å². The Morgan fingerprint density at radius 2 is 1.02 bits per heavy atom. The number of para-hydroxylation sites is 3. The smallest absolute Gasteiger partial charge is 0.101 e. The summed E-state index contributed by atoms with van der Waals surface area (Å²) in [5, 5.41) is 33.7. The van der Waals surface area contributed by atoms with Gasteiger partial charge in [-0.2, -0.15) is 15.8 Å². The molecule has 0 spiro atoms. The molecule has 2 heterocycles. The molecule has 0 aliphatic heterocycles. The molecule has 50 heavy (non-hydrogen) atoms. The minimum absolute atomic E-state index is 0.579. The molecular weight excluding hydrogens is 611 g/mol. The Balaban J connectivity index is 1.18. The van der Waals surface area contributed by atoms with Crippen LogP contribution in [0.1, 0.15) is 16.7 Å². The van der Waals surface area contributed by atoms with E-state index < -0.39 is 0 Å². The van der Waals surface area contributed by atoms with Crippen LogP contribution in [-0.2, 0) is 0 Å². The van der Waals surface area contributed by atoms with Gasteiger partial charge in [0, 0.05) is 32.8 Å². The number of benzene rings is 7. The molecule has 0 aliphatic carbocycles. The summed E-state index contributed by atoms with van der Waals surface area (Å²) in [6.07, 6.45) is 0. The van der Waals surface area contributed by atoms with Crippen LogP contribution < -0.4 is 0 Å². The van der Waals surface area contributed by atoms with Gasteiger partial charge in [0.05, 0.1) is 56.6 Å². The first kappa shape index (κ1) is 28.8. The van der Waals surface area contributed by atoms with Gasteiger partial charge in [0.25, 0.3) is 0 Å². The predicted octanol–water partition coefficient (Wildman–Crippen LogP) is 10.8. The lowest BCUT2D eigenvalue weighted by Crippen LogP contribution is -1.98. The second-order valence-corrected chi connectivity index (χ2v) is 12.3. The fourth-order valence-electron chi connectivity index (χ4n) is 7.38. The summed E-state index contributed by atoms with van der Waals surface area (Å²) in [5.74, 6) is 0. The molecule has 0 aliphatic rings. The highest BCUT2D eigenvalue weighted by Gasteiger charge is 2.18. The molecule has 0 fully saturated rings.